The fourth-order valence-corrected chi connectivity index (χ4v) is 4.85. The number of methoxy groups -OCH3 is 1. The zero-order chi connectivity index (χ0) is 17.0. The Kier molecular flexibility index (Phi) is 5.80. The van der Waals surface area contributed by atoms with Gasteiger partial charge >= 0.3 is 5.97 Å². The Morgan fingerprint density at radius 1 is 1.30 bits per heavy atom. The molecule has 0 aliphatic carbocycles. The van der Waals surface area contributed by atoms with E-state index in [9.17, 15) is 13.2 Å². The maximum atomic E-state index is 12.6. The minimum Gasteiger partial charge on any atom is -0.465 e. The highest BCUT2D eigenvalue weighted by atomic mass is 35.5. The Labute approximate surface area is 144 Å². The van der Waals surface area contributed by atoms with Crippen molar-refractivity contribution < 1.29 is 17.9 Å². The van der Waals surface area contributed by atoms with Crippen LogP contribution in [0.25, 0.3) is 0 Å². The summed E-state index contributed by atoms with van der Waals surface area (Å²) in [6.07, 6.45) is 0.554. The molecule has 5 nitrogen and oxygen atoms in total. The predicted octanol–water partition coefficient (Wildman–Crippen LogP) is 3.62. The predicted molar refractivity (Wildman–Crippen MR) is 90.5 cm³/mol. The molecule has 1 heterocycles. The molecule has 2 rings (SSSR count). The van der Waals surface area contributed by atoms with Crippen molar-refractivity contribution in [2.24, 2.45) is 0 Å². The summed E-state index contributed by atoms with van der Waals surface area (Å²) in [5.41, 5.74) is 0.801. The molecule has 1 N–H and O–H groups in total. The number of rotatable bonds is 6. The molecule has 2 aromatic rings. The van der Waals surface area contributed by atoms with Gasteiger partial charge in [-0.25, -0.2) is 17.9 Å². The summed E-state index contributed by atoms with van der Waals surface area (Å²) in [6.45, 7) is 1.87. The number of esters is 1. The van der Waals surface area contributed by atoms with Gasteiger partial charge < -0.3 is 4.74 Å². The highest BCUT2D eigenvalue weighted by molar-refractivity contribution is 7.89. The average Bonchev–Trinajstić information content (AvgIpc) is 3.03. The SMILES string of the molecule is CC[C@H](NS(=O)(=O)c1ccsc1C(=O)OC)c1ccc(Cl)cc1. The van der Waals surface area contributed by atoms with Crippen molar-refractivity contribution >= 4 is 38.9 Å². The highest BCUT2D eigenvalue weighted by Crippen LogP contribution is 2.26. The molecule has 0 spiro atoms. The number of halogens is 1. The van der Waals surface area contributed by atoms with Crippen LogP contribution in [-0.4, -0.2) is 21.5 Å². The van der Waals surface area contributed by atoms with Crippen LogP contribution in [0.5, 0.6) is 0 Å². The third-order valence-electron chi connectivity index (χ3n) is 3.27. The van der Waals surface area contributed by atoms with E-state index in [0.29, 0.717) is 11.4 Å². The Morgan fingerprint density at radius 2 is 1.96 bits per heavy atom. The van der Waals surface area contributed by atoms with Gasteiger partial charge in [-0.05, 0) is 35.6 Å². The van der Waals surface area contributed by atoms with Crippen LogP contribution >= 0.6 is 22.9 Å². The van der Waals surface area contributed by atoms with Crippen molar-refractivity contribution in [2.45, 2.75) is 24.3 Å². The number of thiophene rings is 1. The van der Waals surface area contributed by atoms with Gasteiger partial charge in [-0.1, -0.05) is 30.7 Å². The van der Waals surface area contributed by atoms with Gasteiger partial charge in [0.1, 0.15) is 9.77 Å². The standard InChI is InChI=1S/C15H16ClNO4S2/c1-3-12(10-4-6-11(16)7-5-10)17-23(19,20)13-8-9-22-14(13)15(18)21-2/h4-9,12,17H,3H2,1-2H3/t12-/m0/s1. The molecule has 0 amide bonds. The van der Waals surface area contributed by atoms with E-state index in [0.717, 1.165) is 16.9 Å². The largest absolute Gasteiger partial charge is 0.465 e. The Balaban J connectivity index is 2.31. The molecule has 0 aliphatic rings. The summed E-state index contributed by atoms with van der Waals surface area (Å²) in [7, 11) is -2.63. The molecule has 0 bridgehead atoms. The lowest BCUT2D eigenvalue weighted by Crippen LogP contribution is -2.29. The number of carbonyl (C=O) groups excluding carboxylic acids is 1. The van der Waals surface area contributed by atoms with Gasteiger partial charge in [0.25, 0.3) is 0 Å². The molecule has 0 unspecified atom stereocenters. The van der Waals surface area contributed by atoms with Crippen molar-refractivity contribution in [3.63, 3.8) is 0 Å². The smallest absolute Gasteiger partial charge is 0.349 e. The van der Waals surface area contributed by atoms with E-state index in [1.807, 2.05) is 6.92 Å². The number of carbonyl (C=O) groups is 1. The molecule has 1 aromatic carbocycles. The molecule has 1 aromatic heterocycles. The van der Waals surface area contributed by atoms with E-state index in [-0.39, 0.29) is 9.77 Å². The van der Waals surface area contributed by atoms with Gasteiger partial charge in [0.15, 0.2) is 0 Å². The summed E-state index contributed by atoms with van der Waals surface area (Å²) in [6, 6.07) is 7.94. The normalized spacial score (nSPS) is 12.8. The van der Waals surface area contributed by atoms with Crippen LogP contribution in [0.1, 0.15) is 34.6 Å². The maximum Gasteiger partial charge on any atom is 0.349 e. The number of nitrogens with one attached hydrogen (secondary N) is 1. The summed E-state index contributed by atoms with van der Waals surface area (Å²) in [4.78, 5) is 11.7. The number of hydrogen-bond acceptors (Lipinski definition) is 5. The van der Waals surface area contributed by atoms with Crippen LogP contribution in [0.3, 0.4) is 0 Å². The summed E-state index contributed by atoms with van der Waals surface area (Å²) in [5.74, 6) is -0.667. The van der Waals surface area contributed by atoms with Crippen molar-refractivity contribution in [2.75, 3.05) is 7.11 Å². The van der Waals surface area contributed by atoms with E-state index in [2.05, 4.69) is 9.46 Å². The number of benzene rings is 1. The van der Waals surface area contributed by atoms with Crippen LogP contribution in [0.2, 0.25) is 5.02 Å². The minimum absolute atomic E-state index is 0.0611. The van der Waals surface area contributed by atoms with Crippen LogP contribution in [0, 0.1) is 0 Å². The van der Waals surface area contributed by atoms with Crippen molar-refractivity contribution in [1.82, 2.24) is 4.72 Å². The van der Waals surface area contributed by atoms with Gasteiger partial charge in [0, 0.05) is 11.1 Å². The van der Waals surface area contributed by atoms with E-state index in [1.165, 1.54) is 13.2 Å². The third-order valence-corrected chi connectivity index (χ3v) is 6.06. The van der Waals surface area contributed by atoms with Crippen molar-refractivity contribution in [1.29, 1.82) is 0 Å². The molecule has 0 radical (unpaired) electrons. The number of ether oxygens (including phenoxy) is 1. The Morgan fingerprint density at radius 3 is 2.52 bits per heavy atom. The van der Waals surface area contributed by atoms with Crippen LogP contribution < -0.4 is 4.72 Å². The molecular formula is C15H16ClNO4S2. The number of sulfonamides is 1. The Bertz CT molecular complexity index is 784. The summed E-state index contributed by atoms with van der Waals surface area (Å²) < 4.78 is 32.5. The maximum absolute atomic E-state index is 12.6. The quantitative estimate of drug-likeness (QED) is 0.785. The van der Waals surface area contributed by atoms with E-state index in [4.69, 9.17) is 11.6 Å². The molecule has 8 heteroatoms. The molecular weight excluding hydrogens is 358 g/mol. The third kappa shape index (κ3) is 4.11. The van der Waals surface area contributed by atoms with E-state index < -0.39 is 22.0 Å². The molecule has 0 fully saturated rings. The van der Waals surface area contributed by atoms with Gasteiger partial charge in [0.05, 0.1) is 7.11 Å². The summed E-state index contributed by atoms with van der Waals surface area (Å²) in [5, 5.41) is 2.13. The monoisotopic (exact) mass is 373 g/mol. The number of hydrogen-bond donors (Lipinski definition) is 1. The first-order valence-electron chi connectivity index (χ1n) is 6.82. The fourth-order valence-electron chi connectivity index (χ4n) is 2.08. The second-order valence-corrected chi connectivity index (χ2v) is 7.77. The molecule has 0 saturated heterocycles. The highest BCUT2D eigenvalue weighted by Gasteiger charge is 2.27. The van der Waals surface area contributed by atoms with Gasteiger partial charge in [-0.3, -0.25) is 0 Å². The van der Waals surface area contributed by atoms with Crippen molar-refractivity contribution in [3.05, 3.63) is 51.2 Å². The first-order valence-corrected chi connectivity index (χ1v) is 9.56. The lowest BCUT2D eigenvalue weighted by Gasteiger charge is -2.17. The van der Waals surface area contributed by atoms with Gasteiger partial charge in [0.2, 0.25) is 10.0 Å². The molecule has 124 valence electrons. The zero-order valence-electron chi connectivity index (χ0n) is 12.6. The molecule has 23 heavy (non-hydrogen) atoms. The average molecular weight is 374 g/mol. The lowest BCUT2D eigenvalue weighted by atomic mass is 10.1. The molecule has 0 saturated carbocycles. The van der Waals surface area contributed by atoms with Gasteiger partial charge in [-0.15, -0.1) is 11.3 Å². The van der Waals surface area contributed by atoms with E-state index >= 15 is 0 Å². The minimum atomic E-state index is -3.85. The van der Waals surface area contributed by atoms with E-state index in [1.54, 1.807) is 29.6 Å². The molecule has 0 aliphatic heterocycles. The fraction of sp³-hybridized carbons (Fsp3) is 0.267. The summed E-state index contributed by atoms with van der Waals surface area (Å²) >= 11 is 6.89. The van der Waals surface area contributed by atoms with Crippen LogP contribution in [0.4, 0.5) is 0 Å². The topological polar surface area (TPSA) is 72.5 Å². The van der Waals surface area contributed by atoms with Crippen molar-refractivity contribution in [3.8, 4) is 0 Å². The zero-order valence-corrected chi connectivity index (χ0v) is 15.0. The first-order chi connectivity index (χ1) is 10.9. The first kappa shape index (κ1) is 17.9. The van der Waals surface area contributed by atoms with Gasteiger partial charge in [-0.2, -0.15) is 0 Å². The Hall–Kier alpha value is -1.41. The second kappa shape index (κ2) is 7.44. The molecule has 1 atom stereocenters. The van der Waals surface area contributed by atoms with Crippen LogP contribution in [0.15, 0.2) is 40.6 Å². The second-order valence-electron chi connectivity index (χ2n) is 4.74. The van der Waals surface area contributed by atoms with Crippen LogP contribution in [-0.2, 0) is 14.8 Å². The lowest BCUT2D eigenvalue weighted by molar-refractivity contribution is 0.0602.